The summed E-state index contributed by atoms with van der Waals surface area (Å²) in [6.07, 6.45) is 13.6. The Bertz CT molecular complexity index is 421. The molecule has 3 rings (SSSR count). The molecule has 3 heteroatoms. The molecule has 0 aromatic carbocycles. The molecule has 0 aliphatic heterocycles. The Balaban J connectivity index is 1.81. The van der Waals surface area contributed by atoms with E-state index in [9.17, 15) is 0 Å². The van der Waals surface area contributed by atoms with Gasteiger partial charge in [0.1, 0.15) is 5.01 Å². The number of hydrogen-bond donors (Lipinski definition) is 1. The highest BCUT2D eigenvalue weighted by molar-refractivity contribution is 7.11. The molecule has 0 radical (unpaired) electrons. The van der Waals surface area contributed by atoms with Crippen LogP contribution in [0.5, 0.6) is 0 Å². The number of rotatable bonds is 4. The van der Waals surface area contributed by atoms with Crippen LogP contribution in [0.1, 0.15) is 86.8 Å². The van der Waals surface area contributed by atoms with Crippen LogP contribution in [-0.2, 0) is 12.8 Å². The van der Waals surface area contributed by atoms with Gasteiger partial charge in [0.05, 0.1) is 11.7 Å². The molecule has 0 saturated heterocycles. The van der Waals surface area contributed by atoms with E-state index in [2.05, 4.69) is 19.2 Å². The van der Waals surface area contributed by atoms with E-state index in [0.29, 0.717) is 12.1 Å². The van der Waals surface area contributed by atoms with Crippen LogP contribution in [0.3, 0.4) is 0 Å². The van der Waals surface area contributed by atoms with Crippen molar-refractivity contribution in [3.8, 4) is 0 Å². The lowest BCUT2D eigenvalue weighted by atomic mass is 9.91. The summed E-state index contributed by atoms with van der Waals surface area (Å²) in [4.78, 5) is 6.65. The van der Waals surface area contributed by atoms with Gasteiger partial charge in [0, 0.05) is 10.9 Å². The Morgan fingerprint density at radius 3 is 2.38 bits per heavy atom. The van der Waals surface area contributed by atoms with Crippen LogP contribution >= 0.6 is 11.3 Å². The maximum absolute atomic E-state index is 5.07. The molecule has 1 atom stereocenters. The molecule has 118 valence electrons. The standard InChI is InChI=1S/C18H30N2S/c1-13(2)19-17(14-9-5-3-4-6-10-14)18-20-15-11-7-8-12-16(15)21-18/h13-14,17,19H,3-12H2,1-2H3. The van der Waals surface area contributed by atoms with Gasteiger partial charge in [-0.1, -0.05) is 39.5 Å². The van der Waals surface area contributed by atoms with E-state index in [-0.39, 0.29) is 0 Å². The minimum Gasteiger partial charge on any atom is -0.305 e. The predicted octanol–water partition coefficient (Wildman–Crippen LogP) is 5.03. The van der Waals surface area contributed by atoms with Gasteiger partial charge in [-0.25, -0.2) is 4.98 Å². The van der Waals surface area contributed by atoms with Crippen molar-refractivity contribution in [2.45, 2.75) is 90.1 Å². The van der Waals surface area contributed by atoms with Gasteiger partial charge in [0.2, 0.25) is 0 Å². The maximum atomic E-state index is 5.07. The SMILES string of the molecule is CC(C)NC(c1nc2c(s1)CCCC2)C1CCCCCC1. The average Bonchev–Trinajstić information content (AvgIpc) is 2.71. The third kappa shape index (κ3) is 3.87. The van der Waals surface area contributed by atoms with Crippen LogP contribution in [0.4, 0.5) is 0 Å². The Kier molecular flexibility index (Phi) is 5.33. The lowest BCUT2D eigenvalue weighted by molar-refractivity contribution is 0.306. The van der Waals surface area contributed by atoms with E-state index >= 15 is 0 Å². The molecule has 1 unspecified atom stereocenters. The lowest BCUT2D eigenvalue weighted by Gasteiger charge is -2.27. The van der Waals surface area contributed by atoms with Gasteiger partial charge >= 0.3 is 0 Å². The van der Waals surface area contributed by atoms with Gasteiger partial charge in [-0.3, -0.25) is 0 Å². The second-order valence-corrected chi connectivity index (χ2v) is 8.29. The van der Waals surface area contributed by atoms with Crippen molar-refractivity contribution in [3.05, 3.63) is 15.6 Å². The Morgan fingerprint density at radius 2 is 1.71 bits per heavy atom. The van der Waals surface area contributed by atoms with Gasteiger partial charge in [0.25, 0.3) is 0 Å². The zero-order chi connectivity index (χ0) is 14.7. The zero-order valence-electron chi connectivity index (χ0n) is 13.7. The summed E-state index contributed by atoms with van der Waals surface area (Å²) in [5.41, 5.74) is 1.42. The molecule has 0 spiro atoms. The van der Waals surface area contributed by atoms with Crippen LogP contribution in [0.25, 0.3) is 0 Å². The molecule has 2 aliphatic carbocycles. The van der Waals surface area contributed by atoms with E-state index in [1.54, 1.807) is 4.88 Å². The zero-order valence-corrected chi connectivity index (χ0v) is 14.5. The highest BCUT2D eigenvalue weighted by atomic mass is 32.1. The van der Waals surface area contributed by atoms with E-state index in [4.69, 9.17) is 4.98 Å². The normalized spacial score (nSPS) is 22.0. The number of nitrogens with one attached hydrogen (secondary N) is 1. The first kappa shape index (κ1) is 15.5. The maximum Gasteiger partial charge on any atom is 0.110 e. The topological polar surface area (TPSA) is 24.9 Å². The number of thiazole rings is 1. The number of aryl methyl sites for hydroxylation is 2. The fourth-order valence-electron chi connectivity index (χ4n) is 3.92. The molecule has 1 fully saturated rings. The van der Waals surface area contributed by atoms with Crippen LogP contribution < -0.4 is 5.32 Å². The first-order chi connectivity index (χ1) is 10.2. The quantitative estimate of drug-likeness (QED) is 0.789. The molecule has 1 N–H and O–H groups in total. The Morgan fingerprint density at radius 1 is 1.00 bits per heavy atom. The summed E-state index contributed by atoms with van der Waals surface area (Å²) in [7, 11) is 0. The molecular formula is C18H30N2S. The number of hydrogen-bond acceptors (Lipinski definition) is 3. The molecule has 0 amide bonds. The van der Waals surface area contributed by atoms with Crippen LogP contribution in [0.2, 0.25) is 0 Å². The van der Waals surface area contributed by atoms with Gasteiger partial charge in [-0.15, -0.1) is 11.3 Å². The summed E-state index contributed by atoms with van der Waals surface area (Å²) in [6.45, 7) is 4.55. The number of aromatic nitrogens is 1. The predicted molar refractivity (Wildman–Crippen MR) is 91.0 cm³/mol. The van der Waals surface area contributed by atoms with Crippen molar-refractivity contribution < 1.29 is 0 Å². The molecule has 0 bridgehead atoms. The number of fused-ring (bicyclic) bond motifs is 1. The van der Waals surface area contributed by atoms with Crippen LogP contribution in [0.15, 0.2) is 0 Å². The lowest BCUT2D eigenvalue weighted by Crippen LogP contribution is -2.33. The van der Waals surface area contributed by atoms with Crippen LogP contribution in [-0.4, -0.2) is 11.0 Å². The summed E-state index contributed by atoms with van der Waals surface area (Å²) >= 11 is 2.01. The molecule has 2 aliphatic rings. The Labute approximate surface area is 133 Å². The van der Waals surface area contributed by atoms with Crippen molar-refractivity contribution in [2.75, 3.05) is 0 Å². The van der Waals surface area contributed by atoms with E-state index in [1.165, 1.54) is 74.9 Å². The van der Waals surface area contributed by atoms with Gasteiger partial charge < -0.3 is 5.32 Å². The summed E-state index contributed by atoms with van der Waals surface area (Å²) in [6, 6.07) is 1.04. The molecular weight excluding hydrogens is 276 g/mol. The average molecular weight is 307 g/mol. The second-order valence-electron chi connectivity index (χ2n) is 7.18. The van der Waals surface area contributed by atoms with Gasteiger partial charge in [0.15, 0.2) is 0 Å². The van der Waals surface area contributed by atoms with E-state index < -0.39 is 0 Å². The fourth-order valence-corrected chi connectivity index (χ4v) is 5.23. The summed E-state index contributed by atoms with van der Waals surface area (Å²) in [5.74, 6) is 0.794. The van der Waals surface area contributed by atoms with Crippen LogP contribution in [0, 0.1) is 5.92 Å². The monoisotopic (exact) mass is 306 g/mol. The minimum absolute atomic E-state index is 0.499. The Hall–Kier alpha value is -0.410. The van der Waals surface area contributed by atoms with Gasteiger partial charge in [-0.05, 0) is 44.4 Å². The molecule has 21 heavy (non-hydrogen) atoms. The fraction of sp³-hybridized carbons (Fsp3) is 0.833. The highest BCUT2D eigenvalue weighted by Crippen LogP contribution is 2.38. The smallest absolute Gasteiger partial charge is 0.110 e. The third-order valence-corrected chi connectivity index (χ3v) is 6.25. The first-order valence-corrected chi connectivity index (χ1v) is 9.80. The first-order valence-electron chi connectivity index (χ1n) is 8.98. The van der Waals surface area contributed by atoms with E-state index in [0.717, 1.165) is 5.92 Å². The molecule has 1 aromatic heterocycles. The van der Waals surface area contributed by atoms with E-state index in [1.807, 2.05) is 11.3 Å². The van der Waals surface area contributed by atoms with Gasteiger partial charge in [-0.2, -0.15) is 0 Å². The van der Waals surface area contributed by atoms with Crippen molar-refractivity contribution >= 4 is 11.3 Å². The molecule has 1 saturated carbocycles. The molecule has 1 aromatic rings. The van der Waals surface area contributed by atoms with Crippen molar-refractivity contribution in [1.29, 1.82) is 0 Å². The minimum atomic E-state index is 0.499. The third-order valence-electron chi connectivity index (χ3n) is 5.01. The number of nitrogens with zero attached hydrogens (tertiary/aromatic N) is 1. The summed E-state index contributed by atoms with van der Waals surface area (Å²) < 4.78 is 0. The summed E-state index contributed by atoms with van der Waals surface area (Å²) in [5, 5.41) is 5.24. The second kappa shape index (κ2) is 7.23. The van der Waals surface area contributed by atoms with Crippen molar-refractivity contribution in [2.24, 2.45) is 5.92 Å². The van der Waals surface area contributed by atoms with Crippen molar-refractivity contribution in [1.82, 2.24) is 10.3 Å². The molecule has 1 heterocycles. The highest BCUT2D eigenvalue weighted by Gasteiger charge is 2.28. The van der Waals surface area contributed by atoms with Crippen molar-refractivity contribution in [3.63, 3.8) is 0 Å². The molecule has 2 nitrogen and oxygen atoms in total. The largest absolute Gasteiger partial charge is 0.305 e.